The SMILES string of the molecule is CN(C(=O)c1nc(-c2cnc3cccnn23)c(Cl)s1)C1C(N)CCCC1(F)F. The number of nitrogens with two attached hydrogens (primary N) is 1. The smallest absolute Gasteiger partial charge is 0.283 e. The molecular weight excluding hydrogens is 410 g/mol. The molecule has 2 N–H and O–H groups in total. The van der Waals surface area contributed by atoms with Gasteiger partial charge in [-0.2, -0.15) is 5.10 Å². The van der Waals surface area contributed by atoms with Gasteiger partial charge in [-0.1, -0.05) is 22.9 Å². The highest BCUT2D eigenvalue weighted by Crippen LogP contribution is 2.38. The molecule has 2 atom stereocenters. The van der Waals surface area contributed by atoms with Crippen LogP contribution in [0.15, 0.2) is 24.5 Å². The highest BCUT2D eigenvalue weighted by atomic mass is 35.5. The molecule has 11 heteroatoms. The zero-order chi connectivity index (χ0) is 20.1. The van der Waals surface area contributed by atoms with Crippen molar-refractivity contribution in [3.63, 3.8) is 0 Å². The highest BCUT2D eigenvalue weighted by Gasteiger charge is 2.49. The second kappa shape index (κ2) is 7.02. The minimum atomic E-state index is -3.04. The topological polar surface area (TPSA) is 89.4 Å². The van der Waals surface area contributed by atoms with Crippen LogP contribution in [-0.4, -0.2) is 55.4 Å². The van der Waals surface area contributed by atoms with E-state index in [4.69, 9.17) is 17.3 Å². The van der Waals surface area contributed by atoms with E-state index >= 15 is 0 Å². The van der Waals surface area contributed by atoms with Crippen molar-refractivity contribution in [3.05, 3.63) is 33.9 Å². The van der Waals surface area contributed by atoms with E-state index in [1.807, 2.05) is 0 Å². The Labute approximate surface area is 168 Å². The van der Waals surface area contributed by atoms with Crippen molar-refractivity contribution in [3.8, 4) is 11.4 Å². The number of amides is 1. The number of hydrogen-bond donors (Lipinski definition) is 1. The molecule has 0 bridgehead atoms. The first-order valence-corrected chi connectivity index (χ1v) is 9.85. The number of likely N-dealkylation sites (N-methyl/N-ethyl adjacent to an activating group) is 1. The second-order valence-corrected chi connectivity index (χ2v) is 8.36. The number of halogens is 3. The van der Waals surface area contributed by atoms with Gasteiger partial charge in [0.15, 0.2) is 10.7 Å². The number of imidazole rings is 1. The van der Waals surface area contributed by atoms with Crippen LogP contribution in [0.2, 0.25) is 4.34 Å². The maximum absolute atomic E-state index is 14.4. The third-order valence-electron chi connectivity index (χ3n) is 4.91. The lowest BCUT2D eigenvalue weighted by Gasteiger charge is -2.41. The Balaban J connectivity index is 1.67. The lowest BCUT2D eigenvalue weighted by atomic mass is 9.86. The first kappa shape index (κ1) is 19.2. The molecule has 2 unspecified atom stereocenters. The number of nitrogens with zero attached hydrogens (tertiary/aromatic N) is 5. The Morgan fingerprint density at radius 3 is 3.04 bits per heavy atom. The van der Waals surface area contributed by atoms with Gasteiger partial charge in [0.1, 0.15) is 21.8 Å². The van der Waals surface area contributed by atoms with Gasteiger partial charge in [0, 0.05) is 25.7 Å². The first-order chi connectivity index (χ1) is 13.3. The van der Waals surface area contributed by atoms with Gasteiger partial charge in [-0.25, -0.2) is 23.3 Å². The monoisotopic (exact) mass is 426 g/mol. The maximum Gasteiger partial charge on any atom is 0.283 e. The Hall–Kier alpha value is -2.17. The van der Waals surface area contributed by atoms with Crippen LogP contribution < -0.4 is 5.73 Å². The maximum atomic E-state index is 14.4. The molecule has 4 rings (SSSR count). The molecule has 3 aromatic rings. The highest BCUT2D eigenvalue weighted by molar-refractivity contribution is 7.18. The summed E-state index contributed by atoms with van der Waals surface area (Å²) in [6.07, 6.45) is 3.62. The summed E-state index contributed by atoms with van der Waals surface area (Å²) in [6, 6.07) is 1.34. The van der Waals surface area contributed by atoms with Crippen LogP contribution in [0.4, 0.5) is 8.78 Å². The molecule has 0 radical (unpaired) electrons. The van der Waals surface area contributed by atoms with E-state index in [1.165, 1.54) is 7.05 Å². The van der Waals surface area contributed by atoms with E-state index in [0.29, 0.717) is 29.9 Å². The number of alkyl halides is 2. The molecule has 0 spiro atoms. The average Bonchev–Trinajstić information content (AvgIpc) is 3.23. The number of aromatic nitrogens is 4. The van der Waals surface area contributed by atoms with Crippen molar-refractivity contribution >= 4 is 34.5 Å². The van der Waals surface area contributed by atoms with E-state index in [0.717, 1.165) is 16.2 Å². The van der Waals surface area contributed by atoms with Crippen LogP contribution in [0.3, 0.4) is 0 Å². The zero-order valence-electron chi connectivity index (χ0n) is 14.8. The average molecular weight is 427 g/mol. The van der Waals surface area contributed by atoms with Gasteiger partial charge >= 0.3 is 0 Å². The van der Waals surface area contributed by atoms with Crippen LogP contribution in [0.1, 0.15) is 29.1 Å². The number of fused-ring (bicyclic) bond motifs is 1. The molecule has 1 fully saturated rings. The molecule has 28 heavy (non-hydrogen) atoms. The minimum Gasteiger partial charge on any atom is -0.329 e. The summed E-state index contributed by atoms with van der Waals surface area (Å²) >= 11 is 7.23. The van der Waals surface area contributed by atoms with Crippen molar-refractivity contribution in [2.45, 2.75) is 37.3 Å². The Bertz CT molecular complexity index is 1040. The van der Waals surface area contributed by atoms with Crippen LogP contribution >= 0.6 is 22.9 Å². The Morgan fingerprint density at radius 2 is 2.29 bits per heavy atom. The van der Waals surface area contributed by atoms with E-state index in [2.05, 4.69) is 15.1 Å². The van der Waals surface area contributed by atoms with Gasteiger partial charge in [-0.3, -0.25) is 4.79 Å². The molecule has 0 aromatic carbocycles. The number of carbonyl (C=O) groups is 1. The van der Waals surface area contributed by atoms with Crippen LogP contribution in [0.25, 0.3) is 17.0 Å². The summed E-state index contributed by atoms with van der Waals surface area (Å²) in [5.74, 6) is -3.68. The number of rotatable bonds is 3. The second-order valence-electron chi connectivity index (χ2n) is 6.76. The summed E-state index contributed by atoms with van der Waals surface area (Å²) in [7, 11) is 1.33. The molecule has 3 heterocycles. The molecule has 7 nitrogen and oxygen atoms in total. The van der Waals surface area contributed by atoms with Crippen molar-refractivity contribution in [2.24, 2.45) is 5.73 Å². The van der Waals surface area contributed by atoms with Crippen LogP contribution in [-0.2, 0) is 0 Å². The van der Waals surface area contributed by atoms with Gasteiger partial charge in [0.25, 0.3) is 11.8 Å². The number of thiazole rings is 1. The van der Waals surface area contributed by atoms with E-state index in [9.17, 15) is 13.6 Å². The van der Waals surface area contributed by atoms with Crippen molar-refractivity contribution < 1.29 is 13.6 Å². The summed E-state index contributed by atoms with van der Waals surface area (Å²) in [5, 5.41) is 4.22. The predicted molar refractivity (Wildman–Crippen MR) is 102 cm³/mol. The zero-order valence-corrected chi connectivity index (χ0v) is 16.4. The summed E-state index contributed by atoms with van der Waals surface area (Å²) < 4.78 is 30.6. The van der Waals surface area contributed by atoms with Crippen molar-refractivity contribution in [2.75, 3.05) is 7.05 Å². The molecule has 1 amide bonds. The normalized spacial score (nSPS) is 21.8. The van der Waals surface area contributed by atoms with Crippen LogP contribution in [0, 0.1) is 0 Å². The van der Waals surface area contributed by atoms with Gasteiger partial charge < -0.3 is 10.6 Å². The van der Waals surface area contributed by atoms with Gasteiger partial charge in [0.2, 0.25) is 0 Å². The largest absolute Gasteiger partial charge is 0.329 e. The lowest BCUT2D eigenvalue weighted by Crippen LogP contribution is -2.60. The first-order valence-electron chi connectivity index (χ1n) is 8.65. The third-order valence-corrected chi connectivity index (χ3v) is 6.15. The van der Waals surface area contributed by atoms with E-state index in [-0.39, 0.29) is 15.8 Å². The minimum absolute atomic E-state index is 0.0157. The Kier molecular flexibility index (Phi) is 4.80. The molecule has 1 aliphatic rings. The Morgan fingerprint density at radius 1 is 1.50 bits per heavy atom. The lowest BCUT2D eigenvalue weighted by molar-refractivity contribution is -0.0984. The van der Waals surface area contributed by atoms with Gasteiger partial charge in [-0.15, -0.1) is 0 Å². The molecular formula is C17H17ClF2N6OS. The van der Waals surface area contributed by atoms with Crippen molar-refractivity contribution in [1.82, 2.24) is 24.5 Å². The molecule has 0 saturated heterocycles. The predicted octanol–water partition coefficient (Wildman–Crippen LogP) is 3.09. The summed E-state index contributed by atoms with van der Waals surface area (Å²) in [6.45, 7) is 0. The molecule has 1 aliphatic carbocycles. The van der Waals surface area contributed by atoms with Gasteiger partial charge in [-0.05, 0) is 25.0 Å². The number of hydrogen-bond acceptors (Lipinski definition) is 6. The van der Waals surface area contributed by atoms with E-state index in [1.54, 1.807) is 29.0 Å². The summed E-state index contributed by atoms with van der Waals surface area (Å²) in [4.78, 5) is 22.4. The van der Waals surface area contributed by atoms with Crippen molar-refractivity contribution in [1.29, 1.82) is 0 Å². The molecule has 0 aliphatic heterocycles. The summed E-state index contributed by atoms with van der Waals surface area (Å²) in [5.41, 5.74) is 7.35. The fourth-order valence-corrected chi connectivity index (χ4v) is 4.73. The van der Waals surface area contributed by atoms with E-state index < -0.39 is 23.9 Å². The quantitative estimate of drug-likeness (QED) is 0.695. The molecule has 3 aromatic heterocycles. The molecule has 148 valence electrons. The molecule has 1 saturated carbocycles. The fraction of sp³-hybridized carbons (Fsp3) is 0.412. The van der Waals surface area contributed by atoms with Gasteiger partial charge in [0.05, 0.1) is 6.20 Å². The van der Waals surface area contributed by atoms with Crippen LogP contribution in [0.5, 0.6) is 0 Å². The fourth-order valence-electron chi connectivity index (χ4n) is 3.58. The standard InChI is InChI=1S/C17H17ClF2N6OS/c1-25(13-9(21)4-2-6-17(13,19)20)16(27)15-24-12(14(18)28-15)10-8-22-11-5-3-7-23-26(10)11/h3,5,7-9,13H,2,4,6,21H2,1H3. The third kappa shape index (κ3) is 3.15. The number of carbonyl (C=O) groups excluding carboxylic acids is 1.